The van der Waals surface area contributed by atoms with Crippen LogP contribution >= 0.6 is 0 Å². The van der Waals surface area contributed by atoms with Crippen molar-refractivity contribution < 1.29 is 0 Å². The Kier molecular flexibility index (Phi) is 1.88. The van der Waals surface area contributed by atoms with Crippen molar-refractivity contribution in [2.75, 3.05) is 0 Å². The maximum absolute atomic E-state index is 4.22. The maximum Gasteiger partial charge on any atom is 0.112 e. The molecule has 0 bridgehead atoms. The Labute approximate surface area is 78.1 Å². The summed E-state index contributed by atoms with van der Waals surface area (Å²) >= 11 is 0. The summed E-state index contributed by atoms with van der Waals surface area (Å²) < 4.78 is 0. The van der Waals surface area contributed by atoms with Gasteiger partial charge in [0.1, 0.15) is 5.70 Å². The van der Waals surface area contributed by atoms with Crippen molar-refractivity contribution in [3.63, 3.8) is 0 Å². The van der Waals surface area contributed by atoms with Crippen LogP contribution < -0.4 is 0 Å². The Bertz CT molecular complexity index is 421. The molecule has 0 aromatic heterocycles. The van der Waals surface area contributed by atoms with Gasteiger partial charge in [-0.05, 0) is 18.1 Å². The summed E-state index contributed by atoms with van der Waals surface area (Å²) in [4.78, 5) is 4.22. The van der Waals surface area contributed by atoms with Crippen molar-refractivity contribution in [2.24, 2.45) is 4.99 Å². The zero-order chi connectivity index (χ0) is 9.26. The third-order valence-electron chi connectivity index (χ3n) is 2.28. The van der Waals surface area contributed by atoms with E-state index in [0.717, 1.165) is 17.7 Å². The fourth-order valence-electron chi connectivity index (χ4n) is 1.50. The van der Waals surface area contributed by atoms with Crippen LogP contribution in [-0.4, -0.2) is 6.21 Å². The van der Waals surface area contributed by atoms with Crippen LogP contribution in [-0.2, 0) is 6.42 Å². The first-order chi connectivity index (χ1) is 6.35. The van der Waals surface area contributed by atoms with Crippen molar-refractivity contribution in [3.05, 3.63) is 47.2 Å². The molecule has 0 saturated carbocycles. The zero-order valence-corrected chi connectivity index (χ0v) is 7.67. The number of nitrogens with zero attached hydrogens (tertiary/aromatic N) is 1. The normalized spacial score (nSPS) is 12.8. The van der Waals surface area contributed by atoms with Gasteiger partial charge in [-0.15, -0.1) is 5.73 Å². The molecule has 1 aliphatic heterocycles. The summed E-state index contributed by atoms with van der Waals surface area (Å²) in [5.74, 6) is 0. The number of hydrogen-bond acceptors (Lipinski definition) is 1. The molecule has 1 aliphatic rings. The minimum atomic E-state index is 0.859. The number of fused-ring (bicyclic) bond motifs is 1. The molecule has 0 saturated heterocycles. The van der Waals surface area contributed by atoms with E-state index in [4.69, 9.17) is 0 Å². The van der Waals surface area contributed by atoms with Gasteiger partial charge < -0.3 is 0 Å². The molecule has 1 nitrogen and oxygen atoms in total. The highest BCUT2D eigenvalue weighted by Crippen LogP contribution is 2.24. The second-order valence-corrected chi connectivity index (χ2v) is 3.06. The van der Waals surface area contributed by atoms with Gasteiger partial charge >= 0.3 is 0 Å². The van der Waals surface area contributed by atoms with Crippen LogP contribution in [0.3, 0.4) is 0 Å². The molecule has 0 aliphatic carbocycles. The van der Waals surface area contributed by atoms with Gasteiger partial charge in [-0.1, -0.05) is 25.6 Å². The van der Waals surface area contributed by atoms with Crippen molar-refractivity contribution in [1.82, 2.24) is 0 Å². The summed E-state index contributed by atoms with van der Waals surface area (Å²) in [6, 6.07) is 6.39. The van der Waals surface area contributed by atoms with Crippen LogP contribution in [0, 0.1) is 0 Å². The second kappa shape index (κ2) is 3.04. The van der Waals surface area contributed by atoms with E-state index >= 15 is 0 Å². The SMILES string of the molecule is C=C=C1N=Cc2cc(CC)ccc21. The van der Waals surface area contributed by atoms with Gasteiger partial charge in [0.15, 0.2) is 0 Å². The van der Waals surface area contributed by atoms with Crippen molar-refractivity contribution in [2.45, 2.75) is 13.3 Å². The monoisotopic (exact) mass is 169 g/mol. The highest BCUT2D eigenvalue weighted by atomic mass is 14.8. The fourth-order valence-corrected chi connectivity index (χ4v) is 1.50. The van der Waals surface area contributed by atoms with E-state index in [2.05, 4.69) is 42.4 Å². The molecule has 1 aromatic carbocycles. The Morgan fingerprint density at radius 2 is 2.31 bits per heavy atom. The van der Waals surface area contributed by atoms with E-state index in [1.54, 1.807) is 0 Å². The van der Waals surface area contributed by atoms with E-state index in [9.17, 15) is 0 Å². The number of benzene rings is 1. The van der Waals surface area contributed by atoms with Gasteiger partial charge in [0, 0.05) is 17.3 Å². The predicted molar refractivity (Wildman–Crippen MR) is 56.0 cm³/mol. The van der Waals surface area contributed by atoms with Crippen LogP contribution in [0.25, 0.3) is 5.70 Å². The average Bonchev–Trinajstić information content (AvgIpc) is 2.59. The Morgan fingerprint density at radius 1 is 1.46 bits per heavy atom. The third-order valence-corrected chi connectivity index (χ3v) is 2.28. The molecule has 1 heterocycles. The maximum atomic E-state index is 4.22. The molecule has 0 atom stereocenters. The van der Waals surface area contributed by atoms with Crippen molar-refractivity contribution in [1.29, 1.82) is 0 Å². The molecule has 0 spiro atoms. The van der Waals surface area contributed by atoms with Crippen LogP contribution in [0.1, 0.15) is 23.6 Å². The first-order valence-corrected chi connectivity index (χ1v) is 4.42. The lowest BCUT2D eigenvalue weighted by molar-refractivity contribution is 1.14. The number of aliphatic imine (C=N–C) groups is 1. The number of rotatable bonds is 1. The topological polar surface area (TPSA) is 12.4 Å². The Hall–Kier alpha value is -1.59. The first-order valence-electron chi connectivity index (χ1n) is 4.42. The van der Waals surface area contributed by atoms with E-state index in [1.165, 1.54) is 11.1 Å². The molecule has 13 heavy (non-hydrogen) atoms. The number of aryl methyl sites for hydroxylation is 1. The summed E-state index contributed by atoms with van der Waals surface area (Å²) in [6.07, 6.45) is 2.94. The van der Waals surface area contributed by atoms with Crippen LogP contribution in [0.4, 0.5) is 0 Å². The lowest BCUT2D eigenvalue weighted by atomic mass is 10.0. The van der Waals surface area contributed by atoms with Gasteiger partial charge in [0.25, 0.3) is 0 Å². The molecule has 0 unspecified atom stereocenters. The molecule has 2 rings (SSSR count). The minimum Gasteiger partial charge on any atom is -0.247 e. The van der Waals surface area contributed by atoms with Gasteiger partial charge in [-0.3, -0.25) is 0 Å². The van der Waals surface area contributed by atoms with E-state index in [1.807, 2.05) is 6.21 Å². The molecule has 0 radical (unpaired) electrons. The smallest absolute Gasteiger partial charge is 0.112 e. The van der Waals surface area contributed by atoms with Crippen molar-refractivity contribution in [3.8, 4) is 0 Å². The molecule has 0 fully saturated rings. The molecule has 0 amide bonds. The third kappa shape index (κ3) is 1.24. The standard InChI is InChI=1S/C12H11N/c1-3-9-5-6-11-10(7-9)8-13-12(11)4-2/h5-8H,2-3H2,1H3. The average molecular weight is 169 g/mol. The van der Waals surface area contributed by atoms with Gasteiger partial charge in [0.05, 0.1) is 0 Å². The molecular formula is C12H11N. The quantitative estimate of drug-likeness (QED) is 0.573. The van der Waals surface area contributed by atoms with Crippen molar-refractivity contribution >= 4 is 11.9 Å². The molecule has 0 N–H and O–H groups in total. The lowest BCUT2D eigenvalue weighted by Crippen LogP contribution is -1.86. The van der Waals surface area contributed by atoms with Gasteiger partial charge in [0.2, 0.25) is 0 Å². The van der Waals surface area contributed by atoms with Crippen LogP contribution in [0.15, 0.2) is 35.5 Å². The zero-order valence-electron chi connectivity index (χ0n) is 7.67. The van der Waals surface area contributed by atoms with E-state index in [0.29, 0.717) is 0 Å². The lowest BCUT2D eigenvalue weighted by Gasteiger charge is -2.00. The highest BCUT2D eigenvalue weighted by molar-refractivity contribution is 5.97. The Balaban J connectivity index is 2.58. The molecule has 1 heteroatoms. The molecule has 1 aromatic rings. The second-order valence-electron chi connectivity index (χ2n) is 3.06. The summed E-state index contributed by atoms with van der Waals surface area (Å²) in [5.41, 5.74) is 7.36. The summed E-state index contributed by atoms with van der Waals surface area (Å²) in [7, 11) is 0. The van der Waals surface area contributed by atoms with Crippen LogP contribution in [0.5, 0.6) is 0 Å². The molecular weight excluding hydrogens is 158 g/mol. The fraction of sp³-hybridized carbons (Fsp3) is 0.167. The van der Waals surface area contributed by atoms with Crippen LogP contribution in [0.2, 0.25) is 0 Å². The minimum absolute atomic E-state index is 0.859. The number of hydrogen-bond donors (Lipinski definition) is 0. The summed E-state index contributed by atoms with van der Waals surface area (Å²) in [5, 5.41) is 0. The van der Waals surface area contributed by atoms with Gasteiger partial charge in [-0.25, -0.2) is 4.99 Å². The van der Waals surface area contributed by atoms with Gasteiger partial charge in [-0.2, -0.15) is 0 Å². The largest absolute Gasteiger partial charge is 0.247 e. The highest BCUT2D eigenvalue weighted by Gasteiger charge is 2.10. The summed E-state index contributed by atoms with van der Waals surface area (Å²) in [6.45, 7) is 5.76. The first kappa shape index (κ1) is 8.03. The predicted octanol–water partition coefficient (Wildman–Crippen LogP) is 2.81. The van der Waals surface area contributed by atoms with E-state index in [-0.39, 0.29) is 0 Å². The molecule has 64 valence electrons. The Morgan fingerprint density at radius 3 is 3.00 bits per heavy atom. The van der Waals surface area contributed by atoms with E-state index < -0.39 is 0 Å².